The van der Waals surface area contributed by atoms with Crippen molar-refractivity contribution in [2.75, 3.05) is 17.0 Å². The molecular weight excluding hydrogens is 252 g/mol. The average Bonchev–Trinajstić information content (AvgIpc) is 2.32. The Morgan fingerprint density at radius 3 is 2.44 bits per heavy atom. The monoisotopic (exact) mass is 270 g/mol. The highest BCUT2D eigenvalue weighted by Crippen LogP contribution is 2.18. The number of carbonyl (C=O) groups is 1. The third-order valence-corrected chi connectivity index (χ3v) is 3.76. The van der Waals surface area contributed by atoms with Crippen molar-refractivity contribution in [3.8, 4) is 0 Å². The smallest absolute Gasteiger partial charge is 0.251 e. The summed E-state index contributed by atoms with van der Waals surface area (Å²) < 4.78 is 25.4. The molecule has 1 rings (SSSR count). The van der Waals surface area contributed by atoms with Crippen molar-refractivity contribution in [1.29, 1.82) is 0 Å². The van der Waals surface area contributed by atoms with Gasteiger partial charge in [0.15, 0.2) is 0 Å². The van der Waals surface area contributed by atoms with Gasteiger partial charge in [0.25, 0.3) is 5.91 Å². The molecule has 0 bridgehead atoms. The summed E-state index contributed by atoms with van der Waals surface area (Å²) in [5.41, 5.74) is 1.74. The second-order valence-electron chi connectivity index (χ2n) is 3.89. The van der Waals surface area contributed by atoms with Crippen molar-refractivity contribution in [2.24, 2.45) is 0 Å². The summed E-state index contributed by atoms with van der Waals surface area (Å²) in [7, 11) is -3.29. The first-order chi connectivity index (χ1) is 8.39. The van der Waals surface area contributed by atoms with Crippen molar-refractivity contribution in [3.63, 3.8) is 0 Å². The predicted molar refractivity (Wildman–Crippen MR) is 72.3 cm³/mol. The summed E-state index contributed by atoms with van der Waals surface area (Å²) in [5.74, 6) is -0.143. The molecule has 0 atom stereocenters. The number of carbonyl (C=O) groups excluding carboxylic acids is 1. The van der Waals surface area contributed by atoms with Gasteiger partial charge in [0, 0.05) is 12.1 Å². The second-order valence-corrected chi connectivity index (χ2v) is 5.91. The molecule has 1 aromatic carbocycles. The molecule has 1 amide bonds. The number of benzene rings is 1. The summed E-state index contributed by atoms with van der Waals surface area (Å²) >= 11 is 0. The molecule has 1 aromatic rings. The van der Waals surface area contributed by atoms with Gasteiger partial charge in [0.05, 0.1) is 11.4 Å². The van der Waals surface area contributed by atoms with E-state index in [4.69, 9.17) is 0 Å². The van der Waals surface area contributed by atoms with Crippen LogP contribution >= 0.6 is 0 Å². The molecule has 0 aliphatic heterocycles. The Hall–Kier alpha value is -1.56. The van der Waals surface area contributed by atoms with Crippen molar-refractivity contribution >= 4 is 21.6 Å². The molecule has 0 unspecified atom stereocenters. The van der Waals surface area contributed by atoms with Crippen LogP contribution in [0.4, 0.5) is 5.69 Å². The average molecular weight is 270 g/mol. The van der Waals surface area contributed by atoms with E-state index in [1.165, 1.54) is 0 Å². The Labute approximate surface area is 108 Å². The largest absolute Gasteiger partial charge is 0.352 e. The lowest BCUT2D eigenvalue weighted by atomic mass is 10.1. The van der Waals surface area contributed by atoms with Crippen LogP contribution in [-0.4, -0.2) is 26.6 Å². The Kier molecular flexibility index (Phi) is 4.72. The minimum absolute atomic E-state index is 0.0184. The number of aryl methyl sites for hydroxylation is 1. The quantitative estimate of drug-likeness (QED) is 0.851. The first kappa shape index (κ1) is 14.5. The maximum absolute atomic E-state index is 11.6. The Morgan fingerprint density at radius 1 is 1.28 bits per heavy atom. The maximum Gasteiger partial charge on any atom is 0.251 e. The fourth-order valence-corrected chi connectivity index (χ4v) is 2.13. The number of sulfonamides is 1. The minimum Gasteiger partial charge on any atom is -0.352 e. The van der Waals surface area contributed by atoms with Crippen molar-refractivity contribution in [3.05, 3.63) is 29.3 Å². The van der Waals surface area contributed by atoms with Gasteiger partial charge in [-0.2, -0.15) is 0 Å². The first-order valence-electron chi connectivity index (χ1n) is 5.79. The van der Waals surface area contributed by atoms with E-state index in [0.717, 1.165) is 5.56 Å². The van der Waals surface area contributed by atoms with E-state index in [1.54, 1.807) is 32.0 Å². The zero-order chi connectivity index (χ0) is 13.8. The van der Waals surface area contributed by atoms with Crippen LogP contribution in [0.25, 0.3) is 0 Å². The number of amides is 1. The van der Waals surface area contributed by atoms with E-state index in [0.29, 0.717) is 17.8 Å². The van der Waals surface area contributed by atoms with E-state index < -0.39 is 10.0 Å². The molecule has 18 heavy (non-hydrogen) atoms. The lowest BCUT2D eigenvalue weighted by molar-refractivity contribution is 0.0956. The van der Waals surface area contributed by atoms with Crippen LogP contribution in [0.1, 0.15) is 29.8 Å². The van der Waals surface area contributed by atoms with Gasteiger partial charge in [-0.05, 0) is 44.5 Å². The van der Waals surface area contributed by atoms with E-state index in [9.17, 15) is 13.2 Å². The van der Waals surface area contributed by atoms with Crippen molar-refractivity contribution in [1.82, 2.24) is 5.32 Å². The SMILES string of the molecule is CCNC(=O)c1ccc(NS(=O)(=O)CC)c(C)c1. The zero-order valence-electron chi connectivity index (χ0n) is 10.8. The second kappa shape index (κ2) is 5.86. The Morgan fingerprint density at radius 2 is 1.94 bits per heavy atom. The van der Waals surface area contributed by atoms with Gasteiger partial charge in [0.2, 0.25) is 10.0 Å². The minimum atomic E-state index is -3.29. The highest BCUT2D eigenvalue weighted by atomic mass is 32.2. The highest BCUT2D eigenvalue weighted by Gasteiger charge is 2.11. The molecule has 0 spiro atoms. The van der Waals surface area contributed by atoms with Gasteiger partial charge in [0.1, 0.15) is 0 Å². The van der Waals surface area contributed by atoms with Crippen LogP contribution in [0, 0.1) is 6.92 Å². The molecule has 5 nitrogen and oxygen atoms in total. The van der Waals surface area contributed by atoms with E-state index in [-0.39, 0.29) is 11.7 Å². The van der Waals surface area contributed by atoms with Crippen LogP contribution in [0.5, 0.6) is 0 Å². The molecule has 0 saturated carbocycles. The summed E-state index contributed by atoms with van der Waals surface area (Å²) in [6.07, 6.45) is 0. The van der Waals surface area contributed by atoms with E-state index in [2.05, 4.69) is 10.0 Å². The molecule has 0 radical (unpaired) electrons. The number of rotatable bonds is 5. The summed E-state index contributed by atoms with van der Waals surface area (Å²) in [5, 5.41) is 2.69. The standard InChI is InChI=1S/C12H18N2O3S/c1-4-13-12(15)10-6-7-11(9(3)8-10)14-18(16,17)5-2/h6-8,14H,4-5H2,1-3H3,(H,13,15). The molecule has 0 aromatic heterocycles. The van der Waals surface area contributed by atoms with Gasteiger partial charge in [-0.3, -0.25) is 9.52 Å². The highest BCUT2D eigenvalue weighted by molar-refractivity contribution is 7.92. The maximum atomic E-state index is 11.6. The van der Waals surface area contributed by atoms with Crippen LogP contribution in [0.2, 0.25) is 0 Å². The molecule has 0 aliphatic rings. The Bertz CT molecular complexity index is 538. The third-order valence-electron chi connectivity index (χ3n) is 2.47. The van der Waals surface area contributed by atoms with Crippen LogP contribution in [-0.2, 0) is 10.0 Å². The summed E-state index contributed by atoms with van der Waals surface area (Å²) in [6.45, 7) is 5.73. The zero-order valence-corrected chi connectivity index (χ0v) is 11.6. The fourth-order valence-electron chi connectivity index (χ4n) is 1.42. The molecular formula is C12H18N2O3S. The third kappa shape index (κ3) is 3.73. The Balaban J connectivity index is 2.97. The van der Waals surface area contributed by atoms with Crippen LogP contribution in [0.3, 0.4) is 0 Å². The molecule has 0 aliphatic carbocycles. The number of hydrogen-bond donors (Lipinski definition) is 2. The van der Waals surface area contributed by atoms with Crippen LogP contribution in [0.15, 0.2) is 18.2 Å². The van der Waals surface area contributed by atoms with Crippen molar-refractivity contribution < 1.29 is 13.2 Å². The van der Waals surface area contributed by atoms with Gasteiger partial charge >= 0.3 is 0 Å². The number of anilines is 1. The first-order valence-corrected chi connectivity index (χ1v) is 7.44. The number of nitrogens with one attached hydrogen (secondary N) is 2. The molecule has 6 heteroatoms. The molecule has 0 saturated heterocycles. The summed E-state index contributed by atoms with van der Waals surface area (Å²) in [6, 6.07) is 4.87. The lowest BCUT2D eigenvalue weighted by Gasteiger charge is -2.10. The fraction of sp³-hybridized carbons (Fsp3) is 0.417. The van der Waals surface area contributed by atoms with Crippen molar-refractivity contribution in [2.45, 2.75) is 20.8 Å². The normalized spacial score (nSPS) is 11.1. The topological polar surface area (TPSA) is 75.3 Å². The molecule has 100 valence electrons. The van der Waals surface area contributed by atoms with Gasteiger partial charge in [-0.15, -0.1) is 0 Å². The lowest BCUT2D eigenvalue weighted by Crippen LogP contribution is -2.23. The molecule has 0 heterocycles. The van der Waals surface area contributed by atoms with Gasteiger partial charge in [-0.25, -0.2) is 8.42 Å². The molecule has 2 N–H and O–H groups in total. The van der Waals surface area contributed by atoms with Gasteiger partial charge < -0.3 is 5.32 Å². The summed E-state index contributed by atoms with van der Waals surface area (Å²) in [4.78, 5) is 11.6. The van der Waals surface area contributed by atoms with E-state index >= 15 is 0 Å². The molecule has 0 fully saturated rings. The number of hydrogen-bond acceptors (Lipinski definition) is 3. The van der Waals surface area contributed by atoms with Crippen LogP contribution < -0.4 is 10.0 Å². The predicted octanol–water partition coefficient (Wildman–Crippen LogP) is 1.51. The van der Waals surface area contributed by atoms with Gasteiger partial charge in [-0.1, -0.05) is 0 Å². The van der Waals surface area contributed by atoms with E-state index in [1.807, 2.05) is 6.92 Å².